The van der Waals surface area contributed by atoms with Gasteiger partial charge in [0.05, 0.1) is 12.2 Å². The number of ether oxygens (including phenoxy) is 1. The topological polar surface area (TPSA) is 84.8 Å². The maximum Gasteiger partial charge on any atom is 0.221 e. The van der Waals surface area contributed by atoms with Crippen LogP contribution in [-0.2, 0) is 17.9 Å². The first-order chi connectivity index (χ1) is 11.2. The number of rotatable bonds is 2. The van der Waals surface area contributed by atoms with E-state index in [9.17, 15) is 4.79 Å². The zero-order chi connectivity index (χ0) is 15.8. The van der Waals surface area contributed by atoms with E-state index in [1.165, 1.54) is 6.92 Å². The molecule has 0 saturated carbocycles. The summed E-state index contributed by atoms with van der Waals surface area (Å²) in [5, 5.41) is 7.36. The van der Waals surface area contributed by atoms with E-state index in [0.29, 0.717) is 13.2 Å². The van der Waals surface area contributed by atoms with Crippen LogP contribution < -0.4 is 10.1 Å². The zero-order valence-electron chi connectivity index (χ0n) is 12.5. The summed E-state index contributed by atoms with van der Waals surface area (Å²) >= 11 is 0. The van der Waals surface area contributed by atoms with E-state index in [4.69, 9.17) is 4.74 Å². The van der Waals surface area contributed by atoms with Gasteiger partial charge in [-0.25, -0.2) is 4.98 Å². The molecule has 2 N–H and O–H groups in total. The Labute approximate surface area is 132 Å². The van der Waals surface area contributed by atoms with E-state index < -0.39 is 0 Å². The van der Waals surface area contributed by atoms with Crippen molar-refractivity contribution >= 4 is 11.6 Å². The van der Waals surface area contributed by atoms with Crippen molar-refractivity contribution in [1.29, 1.82) is 0 Å². The molecule has 0 saturated heterocycles. The van der Waals surface area contributed by atoms with Crippen LogP contribution in [0.3, 0.4) is 0 Å². The number of benzene rings is 1. The number of aromatic amines is 1. The molecule has 1 aliphatic heterocycles. The summed E-state index contributed by atoms with van der Waals surface area (Å²) < 4.78 is 7.80. The fourth-order valence-electron chi connectivity index (χ4n) is 2.64. The highest BCUT2D eigenvalue weighted by Crippen LogP contribution is 2.29. The summed E-state index contributed by atoms with van der Waals surface area (Å²) in [6.45, 7) is 2.52. The fraction of sp³-hybridized carbons (Fsp3) is 0.188. The Hall–Kier alpha value is -3.09. The highest BCUT2D eigenvalue weighted by molar-refractivity contribution is 5.88. The molecular formula is C16H15N5O2. The van der Waals surface area contributed by atoms with Gasteiger partial charge < -0.3 is 15.0 Å². The highest BCUT2D eigenvalue weighted by Gasteiger charge is 2.18. The maximum absolute atomic E-state index is 11.2. The molecule has 3 heterocycles. The van der Waals surface area contributed by atoms with E-state index in [-0.39, 0.29) is 5.91 Å². The van der Waals surface area contributed by atoms with Gasteiger partial charge in [-0.1, -0.05) is 6.07 Å². The third kappa shape index (κ3) is 2.57. The van der Waals surface area contributed by atoms with Gasteiger partial charge in [-0.05, 0) is 12.1 Å². The molecule has 0 bridgehead atoms. The van der Waals surface area contributed by atoms with Crippen molar-refractivity contribution in [1.82, 2.24) is 19.7 Å². The average molecular weight is 309 g/mol. The molecule has 0 spiro atoms. The number of imidazole rings is 1. The molecular weight excluding hydrogens is 294 g/mol. The van der Waals surface area contributed by atoms with Gasteiger partial charge in [0, 0.05) is 36.6 Å². The van der Waals surface area contributed by atoms with E-state index in [2.05, 4.69) is 20.4 Å². The Kier molecular flexibility index (Phi) is 3.11. The number of fused-ring (bicyclic) bond motifs is 2. The number of carbonyl (C=O) groups is 1. The van der Waals surface area contributed by atoms with Crippen LogP contribution in [0.25, 0.3) is 11.5 Å². The number of carbonyl (C=O) groups excluding carboxylic acids is 1. The molecule has 7 nitrogen and oxygen atoms in total. The first kappa shape index (κ1) is 13.6. The Morgan fingerprint density at radius 2 is 2.30 bits per heavy atom. The number of hydrogen-bond donors (Lipinski definition) is 2. The quantitative estimate of drug-likeness (QED) is 0.760. The minimum Gasteiger partial charge on any atom is -0.487 e. The highest BCUT2D eigenvalue weighted by atomic mass is 16.5. The number of nitrogens with zero attached hydrogens (tertiary/aromatic N) is 3. The number of nitrogens with one attached hydrogen (secondary N) is 2. The molecule has 1 aliphatic rings. The van der Waals surface area contributed by atoms with Crippen LogP contribution in [0, 0.1) is 0 Å². The van der Waals surface area contributed by atoms with Crippen molar-refractivity contribution in [3.8, 4) is 17.3 Å². The standard InChI is InChI=1S/C16H15N5O2/c1-10(22)19-12-3-2-11-8-21-13(9-23-15(11)6-12)7-14(20-21)16-17-4-5-18-16/h2-7H,8-9H2,1H3,(H,17,18)(H,19,22). The van der Waals surface area contributed by atoms with E-state index in [1.54, 1.807) is 12.4 Å². The first-order valence-electron chi connectivity index (χ1n) is 7.29. The Morgan fingerprint density at radius 1 is 1.39 bits per heavy atom. The summed E-state index contributed by atoms with van der Waals surface area (Å²) in [6, 6.07) is 7.63. The summed E-state index contributed by atoms with van der Waals surface area (Å²) in [4.78, 5) is 18.4. The molecule has 2 aromatic heterocycles. The van der Waals surface area contributed by atoms with Crippen LogP contribution in [0.2, 0.25) is 0 Å². The second-order valence-corrected chi connectivity index (χ2v) is 5.41. The van der Waals surface area contributed by atoms with E-state index >= 15 is 0 Å². The number of hydrogen-bond acceptors (Lipinski definition) is 4. The maximum atomic E-state index is 11.2. The van der Waals surface area contributed by atoms with E-state index in [1.807, 2.05) is 28.9 Å². The van der Waals surface area contributed by atoms with Crippen LogP contribution in [0.1, 0.15) is 18.2 Å². The third-order valence-corrected chi connectivity index (χ3v) is 3.69. The average Bonchev–Trinajstić information content (AvgIpc) is 3.14. The van der Waals surface area contributed by atoms with Gasteiger partial charge in [0.2, 0.25) is 5.91 Å². The lowest BCUT2D eigenvalue weighted by atomic mass is 10.2. The molecule has 0 radical (unpaired) electrons. The summed E-state index contributed by atoms with van der Waals surface area (Å²) in [5.74, 6) is 1.41. The van der Waals surface area contributed by atoms with Crippen molar-refractivity contribution in [3.05, 3.63) is 47.9 Å². The molecule has 1 aromatic carbocycles. The Balaban J connectivity index is 1.65. The molecule has 1 amide bonds. The monoisotopic (exact) mass is 309 g/mol. The lowest BCUT2D eigenvalue weighted by Gasteiger charge is -2.09. The minimum absolute atomic E-state index is 0.102. The smallest absolute Gasteiger partial charge is 0.221 e. The molecule has 0 aliphatic carbocycles. The fourth-order valence-corrected chi connectivity index (χ4v) is 2.64. The molecule has 7 heteroatoms. The summed E-state index contributed by atoms with van der Waals surface area (Å²) in [6.07, 6.45) is 3.48. The SMILES string of the molecule is CC(=O)Nc1ccc2c(c1)OCc1cc(-c3ncc[nH]3)nn1C2. The summed E-state index contributed by atoms with van der Waals surface area (Å²) in [7, 11) is 0. The van der Waals surface area contributed by atoms with Gasteiger partial charge >= 0.3 is 0 Å². The number of anilines is 1. The molecule has 116 valence electrons. The van der Waals surface area contributed by atoms with Gasteiger partial charge in [0.1, 0.15) is 18.1 Å². The van der Waals surface area contributed by atoms with Crippen molar-refractivity contribution in [3.63, 3.8) is 0 Å². The van der Waals surface area contributed by atoms with Gasteiger partial charge in [-0.2, -0.15) is 5.10 Å². The van der Waals surface area contributed by atoms with Gasteiger partial charge in [-0.15, -0.1) is 0 Å². The molecule has 0 unspecified atom stereocenters. The van der Waals surface area contributed by atoms with Crippen molar-refractivity contribution in [2.45, 2.75) is 20.1 Å². The zero-order valence-corrected chi connectivity index (χ0v) is 12.5. The van der Waals surface area contributed by atoms with Gasteiger partial charge in [-0.3, -0.25) is 9.48 Å². The first-order valence-corrected chi connectivity index (χ1v) is 7.29. The third-order valence-electron chi connectivity index (χ3n) is 3.69. The van der Waals surface area contributed by atoms with Crippen molar-refractivity contribution in [2.24, 2.45) is 0 Å². The lowest BCUT2D eigenvalue weighted by molar-refractivity contribution is -0.114. The molecule has 0 atom stereocenters. The predicted octanol–water partition coefficient (Wildman–Crippen LogP) is 2.17. The second-order valence-electron chi connectivity index (χ2n) is 5.41. The van der Waals surface area contributed by atoms with Crippen LogP contribution in [0.4, 0.5) is 5.69 Å². The van der Waals surface area contributed by atoms with Gasteiger partial charge in [0.25, 0.3) is 0 Å². The van der Waals surface area contributed by atoms with Crippen LogP contribution in [0.5, 0.6) is 5.75 Å². The minimum atomic E-state index is -0.102. The van der Waals surface area contributed by atoms with Crippen LogP contribution >= 0.6 is 0 Å². The lowest BCUT2D eigenvalue weighted by Crippen LogP contribution is -2.06. The Morgan fingerprint density at radius 3 is 3.09 bits per heavy atom. The summed E-state index contributed by atoms with van der Waals surface area (Å²) in [5.41, 5.74) is 3.53. The van der Waals surface area contributed by atoms with Gasteiger partial charge in [0.15, 0.2) is 5.82 Å². The molecule has 3 aromatic rings. The number of H-pyrrole nitrogens is 1. The molecule has 0 fully saturated rings. The Bertz CT molecular complexity index is 867. The van der Waals surface area contributed by atoms with Crippen molar-refractivity contribution in [2.75, 3.05) is 5.32 Å². The molecule has 23 heavy (non-hydrogen) atoms. The predicted molar refractivity (Wildman–Crippen MR) is 84.0 cm³/mol. The number of amides is 1. The normalized spacial score (nSPS) is 12.7. The number of aromatic nitrogens is 4. The molecule has 4 rings (SSSR count). The largest absolute Gasteiger partial charge is 0.487 e. The van der Waals surface area contributed by atoms with E-state index in [0.717, 1.165) is 34.2 Å². The van der Waals surface area contributed by atoms with Crippen LogP contribution in [-0.4, -0.2) is 25.7 Å². The van der Waals surface area contributed by atoms with Crippen molar-refractivity contribution < 1.29 is 9.53 Å². The second kappa shape index (κ2) is 5.28. The van der Waals surface area contributed by atoms with Crippen LogP contribution in [0.15, 0.2) is 36.7 Å².